The Labute approximate surface area is 173 Å². The van der Waals surface area contributed by atoms with E-state index in [1.165, 1.54) is 5.56 Å². The van der Waals surface area contributed by atoms with E-state index >= 15 is 0 Å². The van der Waals surface area contributed by atoms with Crippen LogP contribution >= 0.6 is 0 Å². The fourth-order valence-corrected chi connectivity index (χ4v) is 4.48. The Hall–Kier alpha value is -1.01. The van der Waals surface area contributed by atoms with Crippen LogP contribution in [0.15, 0.2) is 24.3 Å². The molecular formula is C23H34BF3O2. The zero-order chi connectivity index (χ0) is 21.3. The Balaban J connectivity index is 1.67. The summed E-state index contributed by atoms with van der Waals surface area (Å²) in [4.78, 5) is 0. The van der Waals surface area contributed by atoms with E-state index in [9.17, 15) is 13.2 Å². The smallest absolute Gasteiger partial charge is 0.399 e. The van der Waals surface area contributed by atoms with Crippen molar-refractivity contribution >= 4 is 12.6 Å². The predicted octanol–water partition coefficient (Wildman–Crippen LogP) is 6.38. The van der Waals surface area contributed by atoms with E-state index in [2.05, 4.69) is 18.2 Å². The van der Waals surface area contributed by atoms with Crippen LogP contribution in [-0.4, -0.2) is 24.5 Å². The van der Waals surface area contributed by atoms with E-state index in [1.54, 1.807) is 0 Å². The number of hydrogen-bond donors (Lipinski definition) is 0. The number of alkyl halides is 3. The van der Waals surface area contributed by atoms with Crippen molar-refractivity contribution in [1.29, 1.82) is 0 Å². The average Bonchev–Trinajstić information content (AvgIpc) is 2.81. The van der Waals surface area contributed by atoms with Gasteiger partial charge in [0.25, 0.3) is 0 Å². The van der Waals surface area contributed by atoms with Gasteiger partial charge >= 0.3 is 13.3 Å². The van der Waals surface area contributed by atoms with Gasteiger partial charge in [0.15, 0.2) is 0 Å². The minimum atomic E-state index is -4.04. The Morgan fingerprint density at radius 2 is 1.62 bits per heavy atom. The van der Waals surface area contributed by atoms with Gasteiger partial charge < -0.3 is 9.31 Å². The SMILES string of the molecule is CC1(C)OB(c2cccc(C3CCCCC(CCC(F)(F)F)CC3)c2)OC1(C)C. The zero-order valence-electron chi connectivity index (χ0n) is 18.1. The lowest BCUT2D eigenvalue weighted by atomic mass is 9.75. The third kappa shape index (κ3) is 5.78. The van der Waals surface area contributed by atoms with Crippen LogP contribution in [0.25, 0.3) is 0 Å². The van der Waals surface area contributed by atoms with Crippen LogP contribution in [0.1, 0.15) is 90.5 Å². The quantitative estimate of drug-likeness (QED) is 0.536. The second-order valence-electron chi connectivity index (χ2n) is 9.84. The van der Waals surface area contributed by atoms with Gasteiger partial charge in [-0.25, -0.2) is 0 Å². The lowest BCUT2D eigenvalue weighted by Crippen LogP contribution is -2.41. The summed E-state index contributed by atoms with van der Waals surface area (Å²) in [6.07, 6.45) is 1.53. The molecule has 3 rings (SSSR count). The minimum Gasteiger partial charge on any atom is -0.399 e. The summed E-state index contributed by atoms with van der Waals surface area (Å²) >= 11 is 0. The second-order valence-corrected chi connectivity index (χ2v) is 9.84. The highest BCUT2D eigenvalue weighted by Gasteiger charge is 2.51. The van der Waals surface area contributed by atoms with Crippen LogP contribution in [0.4, 0.5) is 13.2 Å². The lowest BCUT2D eigenvalue weighted by molar-refractivity contribution is -0.137. The Kier molecular flexibility index (Phi) is 6.74. The topological polar surface area (TPSA) is 18.5 Å². The first-order chi connectivity index (χ1) is 13.5. The van der Waals surface area contributed by atoms with Crippen LogP contribution in [0, 0.1) is 5.92 Å². The first kappa shape index (κ1) is 22.7. The number of halogens is 3. The first-order valence-corrected chi connectivity index (χ1v) is 11.0. The second kappa shape index (κ2) is 8.62. The molecule has 1 aromatic rings. The van der Waals surface area contributed by atoms with Crippen molar-refractivity contribution < 1.29 is 22.5 Å². The average molecular weight is 410 g/mol. The van der Waals surface area contributed by atoms with Gasteiger partial charge in [0, 0.05) is 6.42 Å². The summed E-state index contributed by atoms with van der Waals surface area (Å²) in [6.45, 7) is 8.19. The van der Waals surface area contributed by atoms with E-state index in [0.717, 1.165) is 44.0 Å². The molecule has 1 aromatic carbocycles. The van der Waals surface area contributed by atoms with Gasteiger partial charge in [-0.2, -0.15) is 13.2 Å². The van der Waals surface area contributed by atoms with Gasteiger partial charge in [-0.05, 0) is 76.2 Å². The molecule has 0 amide bonds. The molecule has 1 aliphatic heterocycles. The van der Waals surface area contributed by atoms with Crippen LogP contribution in [0.5, 0.6) is 0 Å². The summed E-state index contributed by atoms with van der Waals surface area (Å²) < 4.78 is 50.2. The molecule has 0 spiro atoms. The largest absolute Gasteiger partial charge is 0.494 e. The number of hydrogen-bond acceptors (Lipinski definition) is 2. The maximum atomic E-state index is 12.6. The fourth-order valence-electron chi connectivity index (χ4n) is 4.48. The fraction of sp³-hybridized carbons (Fsp3) is 0.739. The van der Waals surface area contributed by atoms with Crippen molar-refractivity contribution in [2.24, 2.45) is 5.92 Å². The molecular weight excluding hydrogens is 376 g/mol. The van der Waals surface area contributed by atoms with Crippen molar-refractivity contribution in [3.63, 3.8) is 0 Å². The molecule has 0 radical (unpaired) electrons. The van der Waals surface area contributed by atoms with Gasteiger partial charge in [-0.1, -0.05) is 43.5 Å². The van der Waals surface area contributed by atoms with Gasteiger partial charge in [-0.15, -0.1) is 0 Å². The Morgan fingerprint density at radius 3 is 2.28 bits per heavy atom. The summed E-state index contributed by atoms with van der Waals surface area (Å²) in [6, 6.07) is 8.42. The third-order valence-corrected chi connectivity index (χ3v) is 7.08. The van der Waals surface area contributed by atoms with E-state index in [1.807, 2.05) is 33.8 Å². The molecule has 2 fully saturated rings. The summed E-state index contributed by atoms with van der Waals surface area (Å²) in [7, 11) is -0.381. The zero-order valence-corrected chi connectivity index (χ0v) is 18.1. The van der Waals surface area contributed by atoms with Crippen LogP contribution in [0.3, 0.4) is 0 Å². The predicted molar refractivity (Wildman–Crippen MR) is 111 cm³/mol. The number of benzene rings is 1. The molecule has 1 aliphatic carbocycles. The molecule has 6 heteroatoms. The molecule has 1 heterocycles. The van der Waals surface area contributed by atoms with Gasteiger partial charge in [0.1, 0.15) is 0 Å². The van der Waals surface area contributed by atoms with Gasteiger partial charge in [-0.3, -0.25) is 0 Å². The summed E-state index contributed by atoms with van der Waals surface area (Å²) in [5.41, 5.74) is 1.53. The Morgan fingerprint density at radius 1 is 0.966 bits per heavy atom. The summed E-state index contributed by atoms with van der Waals surface area (Å²) in [5.74, 6) is 0.580. The van der Waals surface area contributed by atoms with Crippen molar-refractivity contribution in [2.45, 2.75) is 102 Å². The Bertz CT molecular complexity index is 671. The monoisotopic (exact) mass is 410 g/mol. The van der Waals surface area contributed by atoms with E-state index in [-0.39, 0.29) is 30.7 Å². The molecule has 0 aromatic heterocycles. The van der Waals surface area contributed by atoms with Crippen LogP contribution in [-0.2, 0) is 9.31 Å². The maximum Gasteiger partial charge on any atom is 0.494 e. The molecule has 0 N–H and O–H groups in total. The van der Waals surface area contributed by atoms with E-state index in [0.29, 0.717) is 5.92 Å². The third-order valence-electron chi connectivity index (χ3n) is 7.08. The van der Waals surface area contributed by atoms with Gasteiger partial charge in [0.05, 0.1) is 11.2 Å². The summed E-state index contributed by atoms with van der Waals surface area (Å²) in [5, 5.41) is 0. The molecule has 2 atom stereocenters. The standard InChI is InChI=1S/C23H34BF3O2/c1-21(2)22(3,4)29-24(28-21)20-11-7-10-19(16-20)18-9-6-5-8-17(12-13-18)14-15-23(25,26)27/h7,10-11,16-18H,5-6,8-9,12-15H2,1-4H3. The molecule has 162 valence electrons. The molecule has 0 bridgehead atoms. The number of rotatable bonds is 4. The highest BCUT2D eigenvalue weighted by molar-refractivity contribution is 6.62. The highest BCUT2D eigenvalue weighted by Crippen LogP contribution is 2.38. The normalized spacial score (nSPS) is 27.5. The maximum absolute atomic E-state index is 12.6. The van der Waals surface area contributed by atoms with E-state index < -0.39 is 12.6 Å². The minimum absolute atomic E-state index is 0.186. The molecule has 2 nitrogen and oxygen atoms in total. The van der Waals surface area contributed by atoms with Gasteiger partial charge in [0.2, 0.25) is 0 Å². The molecule has 1 saturated carbocycles. The van der Waals surface area contributed by atoms with Crippen LogP contribution < -0.4 is 5.46 Å². The molecule has 29 heavy (non-hydrogen) atoms. The molecule has 2 unspecified atom stereocenters. The molecule has 1 saturated heterocycles. The van der Waals surface area contributed by atoms with Crippen molar-refractivity contribution in [3.05, 3.63) is 29.8 Å². The highest BCUT2D eigenvalue weighted by atomic mass is 19.4. The van der Waals surface area contributed by atoms with Crippen molar-refractivity contribution in [1.82, 2.24) is 0 Å². The van der Waals surface area contributed by atoms with Crippen molar-refractivity contribution in [2.75, 3.05) is 0 Å². The molecule has 2 aliphatic rings. The van der Waals surface area contributed by atoms with E-state index in [4.69, 9.17) is 9.31 Å². The first-order valence-electron chi connectivity index (χ1n) is 11.0. The lowest BCUT2D eigenvalue weighted by Gasteiger charge is -2.32. The van der Waals surface area contributed by atoms with Crippen molar-refractivity contribution in [3.8, 4) is 0 Å². The van der Waals surface area contributed by atoms with Crippen LogP contribution in [0.2, 0.25) is 0 Å².